The van der Waals surface area contributed by atoms with Gasteiger partial charge in [0.15, 0.2) is 11.8 Å². The highest BCUT2D eigenvalue weighted by Crippen LogP contribution is 2.05. The van der Waals surface area contributed by atoms with Gasteiger partial charge >= 0.3 is 0 Å². The number of rotatable bonds is 6. The van der Waals surface area contributed by atoms with Gasteiger partial charge in [-0.1, -0.05) is 6.07 Å². The maximum atomic E-state index is 4.33. The molecule has 0 bridgehead atoms. The van der Waals surface area contributed by atoms with E-state index in [2.05, 4.69) is 30.7 Å². The summed E-state index contributed by atoms with van der Waals surface area (Å²) in [6.07, 6.45) is 8.05. The van der Waals surface area contributed by atoms with E-state index in [0.29, 0.717) is 6.54 Å². The number of hydrogen-bond donors (Lipinski definition) is 2. The van der Waals surface area contributed by atoms with Crippen molar-refractivity contribution in [2.45, 2.75) is 13.0 Å². The molecule has 3 aromatic heterocycles. The van der Waals surface area contributed by atoms with Crippen molar-refractivity contribution in [2.75, 3.05) is 13.6 Å². The Morgan fingerprint density at radius 1 is 1.08 bits per heavy atom. The van der Waals surface area contributed by atoms with Crippen LogP contribution in [0.25, 0.3) is 5.82 Å². The first-order valence-corrected chi connectivity index (χ1v) is 8.14. The molecule has 0 amide bonds. The molecule has 3 heterocycles. The summed E-state index contributed by atoms with van der Waals surface area (Å²) in [7, 11) is 1.76. The topological polar surface area (TPSA) is 80.0 Å². The van der Waals surface area contributed by atoms with E-state index in [9.17, 15) is 0 Å². The van der Waals surface area contributed by atoms with Crippen LogP contribution < -0.4 is 10.6 Å². The number of halogens is 1. The Balaban J connectivity index is 0.00000243. The molecule has 0 aromatic carbocycles. The quantitative estimate of drug-likeness (QED) is 0.333. The van der Waals surface area contributed by atoms with E-state index < -0.39 is 0 Å². The SMILES string of the molecule is CN=C(NCCc1ccccn1)NCc1ccnc(-n2cccn2)c1.I. The van der Waals surface area contributed by atoms with E-state index in [1.54, 1.807) is 24.1 Å². The summed E-state index contributed by atoms with van der Waals surface area (Å²) < 4.78 is 1.74. The zero-order valence-electron chi connectivity index (χ0n) is 14.5. The first-order chi connectivity index (χ1) is 12.3. The molecule has 8 heteroatoms. The van der Waals surface area contributed by atoms with Gasteiger partial charge in [-0.25, -0.2) is 9.67 Å². The second-order valence-electron chi connectivity index (χ2n) is 5.40. The average molecular weight is 463 g/mol. The van der Waals surface area contributed by atoms with Gasteiger partial charge in [0, 0.05) is 57.0 Å². The predicted molar refractivity (Wildman–Crippen MR) is 113 cm³/mol. The van der Waals surface area contributed by atoms with Crippen LogP contribution >= 0.6 is 24.0 Å². The molecule has 0 fully saturated rings. The molecule has 0 radical (unpaired) electrons. The largest absolute Gasteiger partial charge is 0.356 e. The van der Waals surface area contributed by atoms with Crippen molar-refractivity contribution in [3.63, 3.8) is 0 Å². The molecule has 0 aliphatic rings. The highest BCUT2D eigenvalue weighted by Gasteiger charge is 2.02. The maximum absolute atomic E-state index is 4.33. The van der Waals surface area contributed by atoms with E-state index in [-0.39, 0.29) is 24.0 Å². The number of guanidine groups is 1. The highest BCUT2D eigenvalue weighted by atomic mass is 127. The molecule has 0 spiro atoms. The number of aromatic nitrogens is 4. The van der Waals surface area contributed by atoms with E-state index in [1.807, 2.05) is 48.8 Å². The maximum Gasteiger partial charge on any atom is 0.191 e. The number of aliphatic imine (C=N–C) groups is 1. The molecule has 7 nitrogen and oxygen atoms in total. The van der Waals surface area contributed by atoms with Crippen LogP contribution in [-0.4, -0.2) is 39.3 Å². The van der Waals surface area contributed by atoms with Crippen molar-refractivity contribution >= 4 is 29.9 Å². The van der Waals surface area contributed by atoms with Crippen LogP contribution in [0.4, 0.5) is 0 Å². The summed E-state index contributed by atoms with van der Waals surface area (Å²) in [6, 6.07) is 11.8. The van der Waals surface area contributed by atoms with E-state index in [4.69, 9.17) is 0 Å². The van der Waals surface area contributed by atoms with Crippen molar-refractivity contribution in [2.24, 2.45) is 4.99 Å². The van der Waals surface area contributed by atoms with Gasteiger partial charge in [-0.15, -0.1) is 24.0 Å². The molecule has 0 aliphatic heterocycles. The zero-order valence-corrected chi connectivity index (χ0v) is 16.9. The van der Waals surface area contributed by atoms with Gasteiger partial charge < -0.3 is 10.6 Å². The lowest BCUT2D eigenvalue weighted by Gasteiger charge is -2.12. The summed E-state index contributed by atoms with van der Waals surface area (Å²) in [5.41, 5.74) is 2.16. The van der Waals surface area contributed by atoms with E-state index in [1.165, 1.54) is 0 Å². The van der Waals surface area contributed by atoms with Gasteiger partial charge in [0.25, 0.3) is 0 Å². The van der Waals surface area contributed by atoms with Crippen LogP contribution in [0, 0.1) is 0 Å². The number of nitrogens with one attached hydrogen (secondary N) is 2. The van der Waals surface area contributed by atoms with Gasteiger partial charge in [-0.3, -0.25) is 9.98 Å². The molecule has 2 N–H and O–H groups in total. The molecule has 3 aromatic rings. The standard InChI is InChI=1S/C18H21N7.HI/c1-19-18(22-11-7-16-5-2-3-8-20-16)23-14-15-6-10-21-17(13-15)25-12-4-9-24-25;/h2-6,8-10,12-13H,7,11,14H2,1H3,(H2,19,22,23);1H. The summed E-state index contributed by atoms with van der Waals surface area (Å²) >= 11 is 0. The first kappa shape index (κ1) is 19.8. The minimum Gasteiger partial charge on any atom is -0.356 e. The van der Waals surface area contributed by atoms with Crippen LogP contribution in [0.1, 0.15) is 11.3 Å². The minimum absolute atomic E-state index is 0. The average Bonchev–Trinajstić information content (AvgIpc) is 3.20. The summed E-state index contributed by atoms with van der Waals surface area (Å²) in [5.74, 6) is 1.55. The molecule has 0 unspecified atom stereocenters. The summed E-state index contributed by atoms with van der Waals surface area (Å²) in [5, 5.41) is 10.8. The van der Waals surface area contributed by atoms with Crippen molar-refractivity contribution in [3.8, 4) is 5.82 Å². The normalized spacial score (nSPS) is 10.9. The number of pyridine rings is 2. The lowest BCUT2D eigenvalue weighted by molar-refractivity contribution is 0.780. The van der Waals surface area contributed by atoms with E-state index in [0.717, 1.165) is 36.0 Å². The molecule has 26 heavy (non-hydrogen) atoms. The van der Waals surface area contributed by atoms with Gasteiger partial charge in [-0.05, 0) is 35.9 Å². The summed E-state index contributed by atoms with van der Waals surface area (Å²) in [6.45, 7) is 1.42. The molecule has 0 saturated heterocycles. The van der Waals surface area contributed by atoms with Gasteiger partial charge in [0.05, 0.1) is 0 Å². The molecular weight excluding hydrogens is 441 g/mol. The van der Waals surface area contributed by atoms with Crippen molar-refractivity contribution in [1.82, 2.24) is 30.4 Å². The fourth-order valence-corrected chi connectivity index (χ4v) is 2.36. The van der Waals surface area contributed by atoms with Crippen LogP contribution in [0.3, 0.4) is 0 Å². The summed E-state index contributed by atoms with van der Waals surface area (Å²) in [4.78, 5) is 12.9. The number of nitrogens with zero attached hydrogens (tertiary/aromatic N) is 5. The van der Waals surface area contributed by atoms with Crippen LogP contribution in [-0.2, 0) is 13.0 Å². The Labute approximate surface area is 170 Å². The zero-order chi connectivity index (χ0) is 17.3. The second-order valence-corrected chi connectivity index (χ2v) is 5.40. The number of hydrogen-bond acceptors (Lipinski definition) is 4. The van der Waals surface area contributed by atoms with Crippen LogP contribution in [0.15, 0.2) is 66.2 Å². The Morgan fingerprint density at radius 3 is 2.73 bits per heavy atom. The Morgan fingerprint density at radius 2 is 2.00 bits per heavy atom. The van der Waals surface area contributed by atoms with Crippen molar-refractivity contribution in [3.05, 3.63) is 72.4 Å². The van der Waals surface area contributed by atoms with Gasteiger partial charge in [-0.2, -0.15) is 5.10 Å². The fraction of sp³-hybridized carbons (Fsp3) is 0.222. The Hall–Kier alpha value is -2.49. The smallest absolute Gasteiger partial charge is 0.191 e. The van der Waals surface area contributed by atoms with Crippen molar-refractivity contribution in [1.29, 1.82) is 0 Å². The monoisotopic (exact) mass is 463 g/mol. The molecular formula is C18H22IN7. The third-order valence-corrected chi connectivity index (χ3v) is 3.63. The lowest BCUT2D eigenvalue weighted by atomic mass is 10.2. The molecule has 136 valence electrons. The minimum atomic E-state index is 0. The van der Waals surface area contributed by atoms with Gasteiger partial charge in [0.1, 0.15) is 0 Å². The fourth-order valence-electron chi connectivity index (χ4n) is 2.36. The molecule has 3 rings (SSSR count). The lowest BCUT2D eigenvalue weighted by Crippen LogP contribution is -2.37. The molecule has 0 aliphatic carbocycles. The first-order valence-electron chi connectivity index (χ1n) is 8.14. The molecule has 0 saturated carbocycles. The molecule has 0 atom stereocenters. The van der Waals surface area contributed by atoms with E-state index >= 15 is 0 Å². The van der Waals surface area contributed by atoms with Gasteiger partial charge in [0.2, 0.25) is 0 Å². The third kappa shape index (κ3) is 5.80. The Bertz CT molecular complexity index is 803. The second kappa shape index (κ2) is 10.5. The van der Waals surface area contributed by atoms with Crippen molar-refractivity contribution < 1.29 is 0 Å². The predicted octanol–water partition coefficient (Wildman–Crippen LogP) is 2.19. The third-order valence-electron chi connectivity index (χ3n) is 3.63. The highest BCUT2D eigenvalue weighted by molar-refractivity contribution is 14.0. The van der Waals surface area contributed by atoms with Crippen LogP contribution in [0.5, 0.6) is 0 Å². The Kier molecular flexibility index (Phi) is 8.00. The van der Waals surface area contributed by atoms with Crippen LogP contribution in [0.2, 0.25) is 0 Å².